The largest absolute Gasteiger partial charge is 0.333 e. The molecular formula is C31H33BrN6O. The van der Waals surface area contributed by atoms with Gasteiger partial charge in [0, 0.05) is 21.9 Å². The highest BCUT2D eigenvalue weighted by Crippen LogP contribution is 2.33. The van der Waals surface area contributed by atoms with E-state index < -0.39 is 0 Å². The third-order valence-electron chi connectivity index (χ3n) is 7.02. The van der Waals surface area contributed by atoms with E-state index in [0.29, 0.717) is 12.4 Å². The molecule has 0 saturated carbocycles. The van der Waals surface area contributed by atoms with Crippen molar-refractivity contribution >= 4 is 15.9 Å². The fraction of sp³-hybridized carbons (Fsp3) is 0.290. The molecule has 2 heterocycles. The summed E-state index contributed by atoms with van der Waals surface area (Å²) in [5.41, 5.74) is 7.06. The second kappa shape index (κ2) is 11.1. The molecular weight excluding hydrogens is 552 g/mol. The van der Waals surface area contributed by atoms with Crippen molar-refractivity contribution in [1.82, 2.24) is 29.8 Å². The van der Waals surface area contributed by atoms with E-state index in [2.05, 4.69) is 101 Å². The molecule has 0 fully saturated rings. The predicted octanol–water partition coefficient (Wildman–Crippen LogP) is 6.94. The lowest BCUT2D eigenvalue weighted by Crippen LogP contribution is -2.27. The summed E-state index contributed by atoms with van der Waals surface area (Å²) >= 11 is 3.73. The van der Waals surface area contributed by atoms with Crippen LogP contribution in [0.5, 0.6) is 0 Å². The molecule has 2 aromatic heterocycles. The third kappa shape index (κ3) is 5.52. The van der Waals surface area contributed by atoms with Gasteiger partial charge in [0.25, 0.3) is 0 Å². The number of hydrogen-bond donors (Lipinski definition) is 1. The van der Waals surface area contributed by atoms with Crippen LogP contribution in [0.25, 0.3) is 28.2 Å². The number of aromatic nitrogens is 6. The fourth-order valence-electron chi connectivity index (χ4n) is 4.97. The normalized spacial score (nSPS) is 11.7. The highest BCUT2D eigenvalue weighted by molar-refractivity contribution is 9.10. The van der Waals surface area contributed by atoms with Gasteiger partial charge in [-0.1, -0.05) is 94.8 Å². The maximum atomic E-state index is 13.9. The van der Waals surface area contributed by atoms with Crippen molar-refractivity contribution in [3.63, 3.8) is 0 Å². The summed E-state index contributed by atoms with van der Waals surface area (Å²) in [5, 5.41) is 14.4. The van der Waals surface area contributed by atoms with Crippen molar-refractivity contribution in [2.24, 2.45) is 0 Å². The Morgan fingerprint density at radius 1 is 0.949 bits per heavy atom. The Labute approximate surface area is 237 Å². The maximum absolute atomic E-state index is 13.9. The van der Waals surface area contributed by atoms with Crippen LogP contribution in [0.1, 0.15) is 57.4 Å². The monoisotopic (exact) mass is 584 g/mol. The molecule has 7 nitrogen and oxygen atoms in total. The van der Waals surface area contributed by atoms with E-state index in [9.17, 15) is 4.79 Å². The molecule has 0 unspecified atom stereocenters. The summed E-state index contributed by atoms with van der Waals surface area (Å²) in [6.07, 6.45) is 4.97. The van der Waals surface area contributed by atoms with Crippen molar-refractivity contribution in [3.8, 4) is 28.2 Å². The molecule has 0 spiro atoms. The number of nitrogens with one attached hydrogen (secondary N) is 1. The minimum atomic E-state index is -0.113. The summed E-state index contributed by atoms with van der Waals surface area (Å²) in [6, 6.07) is 22.6. The summed E-state index contributed by atoms with van der Waals surface area (Å²) in [6.45, 7) is 9.22. The fourth-order valence-corrected chi connectivity index (χ4v) is 5.52. The topological polar surface area (TPSA) is 81.4 Å². The molecule has 0 aliphatic carbocycles. The van der Waals surface area contributed by atoms with E-state index in [4.69, 9.17) is 0 Å². The van der Waals surface area contributed by atoms with Gasteiger partial charge in [-0.3, -0.25) is 9.13 Å². The van der Waals surface area contributed by atoms with Crippen LogP contribution < -0.4 is 5.69 Å². The average molecular weight is 586 g/mol. The molecule has 5 aromatic rings. The number of unbranched alkanes of at least 4 members (excludes halogenated alkanes) is 1. The number of para-hydroxylation sites is 1. The lowest BCUT2D eigenvalue weighted by atomic mass is 9.86. The number of H-pyrrole nitrogens is 1. The number of hydrogen-bond acceptors (Lipinski definition) is 4. The Morgan fingerprint density at radius 2 is 1.69 bits per heavy atom. The van der Waals surface area contributed by atoms with E-state index in [-0.39, 0.29) is 11.1 Å². The molecule has 0 saturated heterocycles. The summed E-state index contributed by atoms with van der Waals surface area (Å²) in [4.78, 5) is 13.9. The van der Waals surface area contributed by atoms with Gasteiger partial charge in [0.2, 0.25) is 0 Å². The van der Waals surface area contributed by atoms with Gasteiger partial charge in [-0.2, -0.15) is 0 Å². The number of imidazole rings is 1. The van der Waals surface area contributed by atoms with Gasteiger partial charge in [-0.05, 0) is 72.9 Å². The molecule has 0 aliphatic rings. The molecule has 8 heteroatoms. The van der Waals surface area contributed by atoms with Crippen LogP contribution >= 0.6 is 15.9 Å². The highest BCUT2D eigenvalue weighted by atomic mass is 79.9. The Balaban J connectivity index is 1.52. The first kappa shape index (κ1) is 26.8. The quantitative estimate of drug-likeness (QED) is 0.214. The molecule has 0 bridgehead atoms. The smallest absolute Gasteiger partial charge is 0.292 e. The van der Waals surface area contributed by atoms with Gasteiger partial charge in [-0.15, -0.1) is 5.10 Å². The molecule has 39 heavy (non-hydrogen) atoms. The lowest BCUT2D eigenvalue weighted by Gasteiger charge is -2.23. The number of aromatic amines is 1. The molecule has 5 rings (SSSR count). The number of rotatable bonds is 8. The van der Waals surface area contributed by atoms with Gasteiger partial charge < -0.3 is 0 Å². The van der Waals surface area contributed by atoms with Crippen LogP contribution in [0.3, 0.4) is 0 Å². The van der Waals surface area contributed by atoms with Crippen molar-refractivity contribution in [2.45, 2.75) is 58.9 Å². The Morgan fingerprint density at radius 3 is 2.36 bits per heavy atom. The number of benzene rings is 3. The predicted molar refractivity (Wildman–Crippen MR) is 159 cm³/mol. The molecule has 200 valence electrons. The van der Waals surface area contributed by atoms with Crippen LogP contribution in [0.15, 0.2) is 82.2 Å². The van der Waals surface area contributed by atoms with E-state index in [1.165, 1.54) is 0 Å². The van der Waals surface area contributed by atoms with Crippen molar-refractivity contribution < 1.29 is 0 Å². The van der Waals surface area contributed by atoms with Crippen molar-refractivity contribution in [1.29, 1.82) is 0 Å². The molecule has 0 atom stereocenters. The van der Waals surface area contributed by atoms with Gasteiger partial charge in [0.15, 0.2) is 5.82 Å². The molecule has 0 aliphatic heterocycles. The molecule has 0 radical (unpaired) electrons. The Hall–Kier alpha value is -3.78. The zero-order valence-corrected chi connectivity index (χ0v) is 24.4. The first-order valence-corrected chi connectivity index (χ1v) is 14.1. The van der Waals surface area contributed by atoms with E-state index in [1.807, 2.05) is 45.7 Å². The molecule has 3 aromatic carbocycles. The van der Waals surface area contributed by atoms with E-state index in [1.54, 1.807) is 0 Å². The Bertz CT molecular complexity index is 1630. The van der Waals surface area contributed by atoms with Crippen LogP contribution in [0, 0.1) is 0 Å². The first-order chi connectivity index (χ1) is 18.8. The lowest BCUT2D eigenvalue weighted by molar-refractivity contribution is 0.584. The molecule has 1 N–H and O–H groups in total. The van der Waals surface area contributed by atoms with Crippen molar-refractivity contribution in [2.75, 3.05) is 0 Å². The minimum Gasteiger partial charge on any atom is -0.292 e. The number of tetrazole rings is 1. The van der Waals surface area contributed by atoms with Gasteiger partial charge in [-0.25, -0.2) is 9.89 Å². The van der Waals surface area contributed by atoms with Crippen LogP contribution in [0.4, 0.5) is 0 Å². The SMILES string of the molecule is CCCCc1cn(-c2c(Br)cccc2C(C)(C)C)c(=O)n1Cc1ccc(-c2ccccc2-c2nnn[nH]2)cc1. The summed E-state index contributed by atoms with van der Waals surface area (Å²) in [5.74, 6) is 0.629. The second-order valence-corrected chi connectivity index (χ2v) is 11.7. The van der Waals surface area contributed by atoms with Crippen LogP contribution in [0.2, 0.25) is 0 Å². The number of nitrogens with zero attached hydrogens (tertiary/aromatic N) is 5. The van der Waals surface area contributed by atoms with Gasteiger partial charge in [0.05, 0.1) is 12.2 Å². The zero-order chi connectivity index (χ0) is 27.6. The van der Waals surface area contributed by atoms with Crippen molar-refractivity contribution in [3.05, 3.63) is 105 Å². The minimum absolute atomic E-state index is 0.0225. The third-order valence-corrected chi connectivity index (χ3v) is 7.66. The van der Waals surface area contributed by atoms with Gasteiger partial charge in [0.1, 0.15) is 0 Å². The second-order valence-electron chi connectivity index (χ2n) is 10.8. The van der Waals surface area contributed by atoms with Crippen LogP contribution in [-0.4, -0.2) is 29.8 Å². The number of halogens is 1. The number of aryl methyl sites for hydroxylation is 1. The zero-order valence-electron chi connectivity index (χ0n) is 22.8. The standard InChI is InChI=1S/C31H33BrN6O/c1-5-6-10-23-20-38(28-26(31(2,3)4)13-9-14-27(28)32)30(39)37(23)19-21-15-17-22(18-16-21)24-11-7-8-12-25(24)29-33-35-36-34-29/h7-9,11-18,20H,5-6,10,19H2,1-4H3,(H,33,34,35,36). The first-order valence-electron chi connectivity index (χ1n) is 13.3. The summed E-state index contributed by atoms with van der Waals surface area (Å²) in [7, 11) is 0. The highest BCUT2D eigenvalue weighted by Gasteiger charge is 2.23. The van der Waals surface area contributed by atoms with Crippen LogP contribution in [-0.2, 0) is 18.4 Å². The Kier molecular flexibility index (Phi) is 7.66. The average Bonchev–Trinajstić information content (AvgIpc) is 3.56. The summed E-state index contributed by atoms with van der Waals surface area (Å²) < 4.78 is 4.66. The van der Waals surface area contributed by atoms with Gasteiger partial charge >= 0.3 is 5.69 Å². The van der Waals surface area contributed by atoms with E-state index >= 15 is 0 Å². The maximum Gasteiger partial charge on any atom is 0.333 e. The van der Waals surface area contributed by atoms with E-state index in [0.717, 1.165) is 62.9 Å². The molecule has 0 amide bonds.